The van der Waals surface area contributed by atoms with Crippen molar-refractivity contribution < 1.29 is 23.9 Å². The number of anilines is 1. The van der Waals surface area contributed by atoms with E-state index in [0.717, 1.165) is 27.9 Å². The van der Waals surface area contributed by atoms with Gasteiger partial charge in [-0.05, 0) is 88.2 Å². The average Bonchev–Trinajstić information content (AvgIpc) is 3.11. The number of thioether (sulfide) groups is 1. The highest BCUT2D eigenvalue weighted by molar-refractivity contribution is 9.10. The first-order valence-electron chi connectivity index (χ1n) is 10.9. The van der Waals surface area contributed by atoms with E-state index in [2.05, 4.69) is 26.2 Å². The van der Waals surface area contributed by atoms with Crippen LogP contribution in [0.15, 0.2) is 70.2 Å². The number of benzene rings is 2. The fourth-order valence-electron chi connectivity index (χ4n) is 3.45. The van der Waals surface area contributed by atoms with E-state index in [4.69, 9.17) is 9.47 Å². The van der Waals surface area contributed by atoms with Crippen LogP contribution in [0.3, 0.4) is 0 Å². The van der Waals surface area contributed by atoms with Gasteiger partial charge in [-0.3, -0.25) is 24.3 Å². The van der Waals surface area contributed by atoms with E-state index in [1.165, 1.54) is 7.11 Å². The Kier molecular flexibility index (Phi) is 8.07. The maximum atomic E-state index is 12.9. The van der Waals surface area contributed by atoms with Crippen LogP contribution in [0.4, 0.5) is 10.5 Å². The normalized spacial score (nSPS) is 14.3. The van der Waals surface area contributed by atoms with Crippen molar-refractivity contribution in [3.8, 4) is 11.5 Å². The van der Waals surface area contributed by atoms with Gasteiger partial charge in [0.15, 0.2) is 11.5 Å². The number of amides is 3. The summed E-state index contributed by atoms with van der Waals surface area (Å²) < 4.78 is 12.0. The van der Waals surface area contributed by atoms with Crippen molar-refractivity contribution in [1.29, 1.82) is 0 Å². The fraction of sp³-hybridized carbons (Fsp3) is 0.154. The molecule has 1 saturated heterocycles. The van der Waals surface area contributed by atoms with Crippen molar-refractivity contribution in [2.75, 3.05) is 19.0 Å². The van der Waals surface area contributed by atoms with Crippen LogP contribution < -0.4 is 14.8 Å². The van der Waals surface area contributed by atoms with E-state index < -0.39 is 17.1 Å². The molecule has 0 radical (unpaired) electrons. The maximum absolute atomic E-state index is 12.9. The van der Waals surface area contributed by atoms with E-state index >= 15 is 0 Å². The molecule has 10 heteroatoms. The Morgan fingerprint density at radius 1 is 1.17 bits per heavy atom. The topological polar surface area (TPSA) is 97.8 Å². The van der Waals surface area contributed by atoms with Crippen LogP contribution in [0.2, 0.25) is 0 Å². The SMILES string of the molecule is COc1cc(/C=C2/SC(=O)N(CC(=O)Nc3cccc(C)c3)C2=O)cc(Br)c1OCc1ccccn1. The Morgan fingerprint density at radius 3 is 2.72 bits per heavy atom. The molecule has 8 nitrogen and oxygen atoms in total. The van der Waals surface area contributed by atoms with Crippen LogP contribution in [0.5, 0.6) is 11.5 Å². The highest BCUT2D eigenvalue weighted by atomic mass is 79.9. The van der Waals surface area contributed by atoms with Crippen molar-refractivity contribution >= 4 is 56.5 Å². The van der Waals surface area contributed by atoms with Gasteiger partial charge in [0.1, 0.15) is 13.2 Å². The number of nitrogens with zero attached hydrogens (tertiary/aromatic N) is 2. The average molecular weight is 568 g/mol. The highest BCUT2D eigenvalue weighted by Gasteiger charge is 2.36. The zero-order chi connectivity index (χ0) is 25.7. The molecule has 0 aliphatic carbocycles. The lowest BCUT2D eigenvalue weighted by Gasteiger charge is -2.14. The number of pyridine rings is 1. The summed E-state index contributed by atoms with van der Waals surface area (Å²) in [7, 11) is 1.51. The number of nitrogens with one attached hydrogen (secondary N) is 1. The third-order valence-electron chi connectivity index (χ3n) is 5.12. The third-order valence-corrected chi connectivity index (χ3v) is 6.61. The molecule has 184 valence electrons. The minimum Gasteiger partial charge on any atom is -0.493 e. The van der Waals surface area contributed by atoms with Crippen LogP contribution in [-0.2, 0) is 16.2 Å². The van der Waals surface area contributed by atoms with Crippen molar-refractivity contribution in [2.24, 2.45) is 0 Å². The van der Waals surface area contributed by atoms with Gasteiger partial charge in [0.05, 0.1) is 22.2 Å². The molecule has 0 spiro atoms. The lowest BCUT2D eigenvalue weighted by atomic mass is 10.2. The summed E-state index contributed by atoms with van der Waals surface area (Å²) >= 11 is 4.27. The van der Waals surface area contributed by atoms with Crippen LogP contribution in [0, 0.1) is 6.92 Å². The molecular weight excluding hydrogens is 546 g/mol. The van der Waals surface area contributed by atoms with Crippen LogP contribution in [-0.4, -0.2) is 40.6 Å². The Morgan fingerprint density at radius 2 is 2.00 bits per heavy atom. The van der Waals surface area contributed by atoms with Gasteiger partial charge < -0.3 is 14.8 Å². The summed E-state index contributed by atoms with van der Waals surface area (Å²) in [6, 6.07) is 16.3. The molecule has 3 amide bonds. The van der Waals surface area contributed by atoms with Gasteiger partial charge in [0.25, 0.3) is 11.1 Å². The van der Waals surface area contributed by atoms with E-state index in [-0.39, 0.29) is 18.1 Å². The molecule has 1 aromatic heterocycles. The Hall–Kier alpha value is -3.63. The van der Waals surface area contributed by atoms with E-state index in [0.29, 0.717) is 27.2 Å². The molecule has 1 aliphatic heterocycles. The number of hydrogen-bond donors (Lipinski definition) is 1. The summed E-state index contributed by atoms with van der Waals surface area (Å²) in [6.45, 7) is 1.78. The Bertz CT molecular complexity index is 1350. The minimum atomic E-state index is -0.532. The van der Waals surface area contributed by atoms with Crippen molar-refractivity contribution in [2.45, 2.75) is 13.5 Å². The molecule has 1 fully saturated rings. The Balaban J connectivity index is 1.47. The molecule has 1 aliphatic rings. The van der Waals surface area contributed by atoms with Gasteiger partial charge in [-0.15, -0.1) is 0 Å². The number of aryl methyl sites for hydroxylation is 1. The molecule has 2 heterocycles. The second kappa shape index (κ2) is 11.4. The van der Waals surface area contributed by atoms with Crippen LogP contribution in [0.25, 0.3) is 6.08 Å². The summed E-state index contributed by atoms with van der Waals surface area (Å²) in [6.07, 6.45) is 3.27. The third kappa shape index (κ3) is 6.13. The zero-order valence-electron chi connectivity index (χ0n) is 19.5. The lowest BCUT2D eigenvalue weighted by molar-refractivity contribution is -0.127. The van der Waals surface area contributed by atoms with E-state index in [1.54, 1.807) is 36.5 Å². The first-order chi connectivity index (χ1) is 17.3. The van der Waals surface area contributed by atoms with Crippen molar-refractivity contribution in [3.05, 3.63) is 87.0 Å². The van der Waals surface area contributed by atoms with E-state index in [1.807, 2.05) is 37.3 Å². The predicted octanol–water partition coefficient (Wildman–Crippen LogP) is 5.42. The van der Waals surface area contributed by atoms with Crippen LogP contribution in [0.1, 0.15) is 16.8 Å². The molecule has 1 N–H and O–H groups in total. The van der Waals surface area contributed by atoms with Gasteiger partial charge in [0, 0.05) is 11.9 Å². The number of rotatable bonds is 8. The molecule has 0 bridgehead atoms. The number of ether oxygens (including phenoxy) is 2. The maximum Gasteiger partial charge on any atom is 0.294 e. The van der Waals surface area contributed by atoms with Crippen molar-refractivity contribution in [3.63, 3.8) is 0 Å². The zero-order valence-corrected chi connectivity index (χ0v) is 21.9. The first kappa shape index (κ1) is 25.5. The number of hydrogen-bond acceptors (Lipinski definition) is 7. The van der Waals surface area contributed by atoms with Gasteiger partial charge in [-0.2, -0.15) is 0 Å². The van der Waals surface area contributed by atoms with Gasteiger partial charge in [-0.25, -0.2) is 0 Å². The molecule has 0 saturated carbocycles. The number of carbonyl (C=O) groups excluding carboxylic acids is 3. The van der Waals surface area contributed by atoms with E-state index in [9.17, 15) is 14.4 Å². The molecule has 0 atom stereocenters. The summed E-state index contributed by atoms with van der Waals surface area (Å²) in [5.74, 6) is -0.0533. The second-order valence-electron chi connectivity index (χ2n) is 7.83. The quantitative estimate of drug-likeness (QED) is 0.363. The minimum absolute atomic E-state index is 0.208. The number of carbonyl (C=O) groups is 3. The fourth-order valence-corrected chi connectivity index (χ4v) is 4.86. The summed E-state index contributed by atoms with van der Waals surface area (Å²) in [4.78, 5) is 43.2. The molecule has 36 heavy (non-hydrogen) atoms. The first-order valence-corrected chi connectivity index (χ1v) is 12.5. The summed E-state index contributed by atoms with van der Waals surface area (Å²) in [5, 5.41) is 2.21. The predicted molar refractivity (Wildman–Crippen MR) is 142 cm³/mol. The van der Waals surface area contributed by atoms with Crippen LogP contribution >= 0.6 is 27.7 Å². The van der Waals surface area contributed by atoms with Gasteiger partial charge in [-0.1, -0.05) is 18.2 Å². The largest absolute Gasteiger partial charge is 0.493 e. The lowest BCUT2D eigenvalue weighted by Crippen LogP contribution is -2.36. The standard InChI is InChI=1S/C26H22BrN3O5S/c1-16-6-5-8-18(10-16)29-23(31)14-30-25(32)22(36-26(30)33)13-17-11-20(27)24(21(12-17)34-2)35-15-19-7-3-4-9-28-19/h3-13H,14-15H2,1-2H3,(H,29,31)/b22-13+. The Labute approximate surface area is 220 Å². The molecule has 0 unspecified atom stereocenters. The highest BCUT2D eigenvalue weighted by Crippen LogP contribution is 2.39. The number of halogens is 1. The smallest absolute Gasteiger partial charge is 0.294 e. The molecule has 4 rings (SSSR count). The summed E-state index contributed by atoms with van der Waals surface area (Å²) in [5.41, 5.74) is 2.97. The molecular formula is C26H22BrN3O5S. The van der Waals surface area contributed by atoms with Gasteiger partial charge >= 0.3 is 0 Å². The second-order valence-corrected chi connectivity index (χ2v) is 9.68. The van der Waals surface area contributed by atoms with Gasteiger partial charge in [0.2, 0.25) is 5.91 Å². The number of imide groups is 1. The molecule has 3 aromatic rings. The number of aromatic nitrogens is 1. The van der Waals surface area contributed by atoms with Crippen molar-refractivity contribution in [1.82, 2.24) is 9.88 Å². The molecule has 2 aromatic carbocycles. The monoisotopic (exact) mass is 567 g/mol. The number of methoxy groups -OCH3 is 1.